The Morgan fingerprint density at radius 3 is 2.22 bits per heavy atom. The van der Waals surface area contributed by atoms with Gasteiger partial charge in [0.2, 0.25) is 0 Å². The minimum absolute atomic E-state index is 0.672. The topological polar surface area (TPSA) is 17.8 Å². The summed E-state index contributed by atoms with van der Waals surface area (Å²) in [5.41, 5.74) is 10.9. The minimum atomic E-state index is 0.672. The molecule has 7 rings (SSSR count). The lowest BCUT2D eigenvalue weighted by molar-refractivity contribution is 0.724. The summed E-state index contributed by atoms with van der Waals surface area (Å²) in [6.45, 7) is 4.35. The first kappa shape index (κ1) is 21.4. The first-order valence-electron chi connectivity index (χ1n) is 13.2. The van der Waals surface area contributed by atoms with E-state index in [1.54, 1.807) is 0 Å². The molecule has 0 unspecified atom stereocenters. The Labute approximate surface area is 212 Å². The van der Waals surface area contributed by atoms with Crippen molar-refractivity contribution >= 4 is 32.7 Å². The van der Waals surface area contributed by atoms with E-state index in [-0.39, 0.29) is 0 Å². The number of nitrogens with zero attached hydrogens (tertiary/aromatic N) is 2. The Hall–Kier alpha value is -3.91. The van der Waals surface area contributed by atoms with Crippen LogP contribution in [0.1, 0.15) is 48.3 Å². The number of hydrogen-bond acceptors (Lipinski definition) is 1. The lowest BCUT2D eigenvalue weighted by atomic mass is 9.94. The molecule has 0 aliphatic heterocycles. The number of hydrogen-bond donors (Lipinski definition) is 0. The van der Waals surface area contributed by atoms with Gasteiger partial charge in [0.1, 0.15) is 0 Å². The van der Waals surface area contributed by atoms with Crippen molar-refractivity contribution in [3.63, 3.8) is 0 Å². The van der Waals surface area contributed by atoms with E-state index in [1.807, 2.05) is 0 Å². The predicted octanol–water partition coefficient (Wildman–Crippen LogP) is 9.27. The maximum Gasteiger partial charge on any atom is 0.0956 e. The number of aryl methyl sites for hydroxylation is 2. The Bertz CT molecular complexity index is 1730. The standard InChI is InChI=1S/C34H30N2/c1-22-18-23(2)20-26(19-22)33-34-32(29-21-25(16-17-30(29)35-33)24-10-6-7-11-24)28-14-8-9-15-31(28)36(34)27-12-4-3-5-13-27/h3-5,8-9,12-21,24H,6-7,10-11H2,1-2H3. The van der Waals surface area contributed by atoms with Crippen molar-refractivity contribution in [3.05, 3.63) is 108 Å². The normalized spacial score (nSPS) is 14.4. The molecular formula is C34H30N2. The van der Waals surface area contributed by atoms with Crippen molar-refractivity contribution in [3.8, 4) is 16.9 Å². The van der Waals surface area contributed by atoms with Crippen LogP contribution in [0.3, 0.4) is 0 Å². The van der Waals surface area contributed by atoms with Crippen LogP contribution >= 0.6 is 0 Å². The molecular weight excluding hydrogens is 436 g/mol. The van der Waals surface area contributed by atoms with E-state index in [0.29, 0.717) is 5.92 Å². The highest BCUT2D eigenvalue weighted by Crippen LogP contribution is 2.43. The number of aromatic nitrogens is 2. The average Bonchev–Trinajstić information content (AvgIpc) is 3.55. The first-order valence-corrected chi connectivity index (χ1v) is 13.2. The van der Waals surface area contributed by atoms with E-state index in [1.165, 1.54) is 80.8 Å². The van der Waals surface area contributed by atoms with Crippen LogP contribution < -0.4 is 0 Å². The van der Waals surface area contributed by atoms with Gasteiger partial charge >= 0.3 is 0 Å². The second kappa shape index (κ2) is 8.34. The molecule has 0 spiro atoms. The summed E-state index contributed by atoms with van der Waals surface area (Å²) in [6.07, 6.45) is 5.29. The van der Waals surface area contributed by atoms with Crippen molar-refractivity contribution in [1.82, 2.24) is 9.55 Å². The molecule has 36 heavy (non-hydrogen) atoms. The quantitative estimate of drug-likeness (QED) is 0.254. The third-order valence-electron chi connectivity index (χ3n) is 7.96. The molecule has 0 amide bonds. The van der Waals surface area contributed by atoms with E-state index in [0.717, 1.165) is 11.2 Å². The molecule has 2 nitrogen and oxygen atoms in total. The molecule has 1 aliphatic carbocycles. The molecule has 1 saturated carbocycles. The molecule has 0 bridgehead atoms. The molecule has 0 radical (unpaired) electrons. The van der Waals surface area contributed by atoms with Crippen LogP contribution in [0.4, 0.5) is 0 Å². The van der Waals surface area contributed by atoms with Crippen molar-refractivity contribution in [2.75, 3.05) is 0 Å². The molecule has 2 heteroatoms. The van der Waals surface area contributed by atoms with Gasteiger partial charge in [0.05, 0.1) is 22.2 Å². The van der Waals surface area contributed by atoms with Gasteiger partial charge in [0, 0.05) is 27.4 Å². The molecule has 0 N–H and O–H groups in total. The minimum Gasteiger partial charge on any atom is -0.307 e. The highest BCUT2D eigenvalue weighted by Gasteiger charge is 2.23. The Kier molecular flexibility index (Phi) is 4.95. The van der Waals surface area contributed by atoms with Gasteiger partial charge in [-0.1, -0.05) is 72.5 Å². The third kappa shape index (κ3) is 3.36. The Morgan fingerprint density at radius 1 is 0.722 bits per heavy atom. The lowest BCUT2D eigenvalue weighted by Crippen LogP contribution is -1.99. The van der Waals surface area contributed by atoms with Crippen molar-refractivity contribution < 1.29 is 0 Å². The first-order chi connectivity index (χ1) is 17.7. The molecule has 176 valence electrons. The Balaban J connectivity index is 1.68. The molecule has 4 aromatic carbocycles. The maximum absolute atomic E-state index is 5.38. The van der Waals surface area contributed by atoms with Crippen LogP contribution in [0.25, 0.3) is 49.7 Å². The second-order valence-corrected chi connectivity index (χ2v) is 10.5. The Morgan fingerprint density at radius 2 is 1.44 bits per heavy atom. The van der Waals surface area contributed by atoms with Gasteiger partial charge in [-0.15, -0.1) is 0 Å². The molecule has 2 aromatic heterocycles. The van der Waals surface area contributed by atoms with Gasteiger partial charge in [-0.3, -0.25) is 0 Å². The fourth-order valence-electron chi connectivity index (χ4n) is 6.43. The molecule has 0 saturated heterocycles. The third-order valence-corrected chi connectivity index (χ3v) is 7.96. The monoisotopic (exact) mass is 466 g/mol. The van der Waals surface area contributed by atoms with E-state index >= 15 is 0 Å². The zero-order valence-corrected chi connectivity index (χ0v) is 21.0. The van der Waals surface area contributed by atoms with Crippen LogP contribution in [-0.4, -0.2) is 9.55 Å². The average molecular weight is 467 g/mol. The molecule has 1 fully saturated rings. The van der Waals surface area contributed by atoms with Crippen LogP contribution in [-0.2, 0) is 0 Å². The largest absolute Gasteiger partial charge is 0.307 e. The van der Waals surface area contributed by atoms with Crippen LogP contribution in [0.15, 0.2) is 91.0 Å². The predicted molar refractivity (Wildman–Crippen MR) is 152 cm³/mol. The smallest absolute Gasteiger partial charge is 0.0956 e. The summed E-state index contributed by atoms with van der Waals surface area (Å²) in [4.78, 5) is 5.38. The summed E-state index contributed by atoms with van der Waals surface area (Å²) in [6, 6.07) is 33.4. The van der Waals surface area contributed by atoms with Crippen molar-refractivity contribution in [2.24, 2.45) is 0 Å². The summed E-state index contributed by atoms with van der Waals surface area (Å²) >= 11 is 0. The summed E-state index contributed by atoms with van der Waals surface area (Å²) in [5, 5.41) is 3.87. The lowest BCUT2D eigenvalue weighted by Gasteiger charge is -2.15. The van der Waals surface area contributed by atoms with E-state index in [4.69, 9.17) is 4.98 Å². The number of benzene rings is 4. The summed E-state index contributed by atoms with van der Waals surface area (Å²) in [7, 11) is 0. The van der Waals surface area contributed by atoms with Gasteiger partial charge < -0.3 is 4.57 Å². The SMILES string of the molecule is Cc1cc(C)cc(-c2nc3ccc(C4CCCC4)cc3c3c4ccccc4n(-c4ccccc4)c23)c1. The van der Waals surface area contributed by atoms with E-state index in [2.05, 4.69) is 109 Å². The van der Waals surface area contributed by atoms with Crippen LogP contribution in [0.2, 0.25) is 0 Å². The van der Waals surface area contributed by atoms with Crippen LogP contribution in [0, 0.1) is 13.8 Å². The molecule has 1 aliphatic rings. The van der Waals surface area contributed by atoms with Crippen LogP contribution in [0.5, 0.6) is 0 Å². The number of rotatable bonds is 3. The highest BCUT2D eigenvalue weighted by molar-refractivity contribution is 6.23. The van der Waals surface area contributed by atoms with E-state index < -0.39 is 0 Å². The number of para-hydroxylation sites is 2. The molecule has 2 heterocycles. The fourth-order valence-corrected chi connectivity index (χ4v) is 6.43. The van der Waals surface area contributed by atoms with Crippen molar-refractivity contribution in [1.29, 1.82) is 0 Å². The zero-order valence-electron chi connectivity index (χ0n) is 21.0. The molecule has 6 aromatic rings. The molecule has 0 atom stereocenters. The summed E-state index contributed by atoms with van der Waals surface area (Å²) < 4.78 is 2.42. The number of pyridine rings is 1. The fraction of sp³-hybridized carbons (Fsp3) is 0.206. The number of fused-ring (bicyclic) bond motifs is 5. The van der Waals surface area contributed by atoms with Crippen molar-refractivity contribution in [2.45, 2.75) is 45.4 Å². The maximum atomic E-state index is 5.38. The van der Waals surface area contributed by atoms with E-state index in [9.17, 15) is 0 Å². The van der Waals surface area contributed by atoms with Gasteiger partial charge in [-0.25, -0.2) is 4.98 Å². The van der Waals surface area contributed by atoms with Gasteiger partial charge in [-0.05, 0) is 80.6 Å². The summed E-state index contributed by atoms with van der Waals surface area (Å²) in [5.74, 6) is 0.672. The second-order valence-electron chi connectivity index (χ2n) is 10.5. The van der Waals surface area contributed by atoms with Gasteiger partial charge in [0.25, 0.3) is 0 Å². The highest BCUT2D eigenvalue weighted by atomic mass is 15.0. The van der Waals surface area contributed by atoms with Gasteiger partial charge in [-0.2, -0.15) is 0 Å². The zero-order chi connectivity index (χ0) is 24.2. The van der Waals surface area contributed by atoms with Gasteiger partial charge in [0.15, 0.2) is 0 Å².